The zero-order chi connectivity index (χ0) is 23.0. The van der Waals surface area contributed by atoms with Crippen LogP contribution in [0.4, 0.5) is 0 Å². The summed E-state index contributed by atoms with van der Waals surface area (Å²) in [4.78, 5) is 31.0. The predicted molar refractivity (Wildman–Crippen MR) is 128 cm³/mol. The maximum absolute atomic E-state index is 13.3. The van der Waals surface area contributed by atoms with E-state index in [1.807, 2.05) is 26.1 Å². The van der Waals surface area contributed by atoms with Gasteiger partial charge in [0.2, 0.25) is 5.91 Å². The van der Waals surface area contributed by atoms with Crippen LogP contribution in [0.3, 0.4) is 0 Å². The van der Waals surface area contributed by atoms with Crippen LogP contribution >= 0.6 is 34.5 Å². The van der Waals surface area contributed by atoms with Gasteiger partial charge in [-0.15, -0.1) is 11.3 Å². The Morgan fingerprint density at radius 1 is 1.22 bits per heavy atom. The number of carbonyl (C=O) groups is 1. The lowest BCUT2D eigenvalue weighted by Gasteiger charge is -2.08. The number of aromatic nitrogens is 4. The molecule has 0 bridgehead atoms. The first-order valence-corrected chi connectivity index (χ1v) is 11.6. The smallest absolute Gasteiger partial charge is 0.268 e. The first-order valence-electron chi connectivity index (χ1n) is 9.96. The van der Waals surface area contributed by atoms with Crippen LogP contribution in [-0.2, 0) is 24.7 Å². The van der Waals surface area contributed by atoms with Crippen molar-refractivity contribution in [3.63, 3.8) is 0 Å². The number of nitrogens with zero attached hydrogens (tertiary/aromatic N) is 4. The largest absolute Gasteiger partial charge is 0.355 e. The van der Waals surface area contributed by atoms with Gasteiger partial charge in [-0.2, -0.15) is 5.10 Å². The standard InChI is InChI=1S/C22H21Cl2N5O2S/c1-12-8-18(27-28(12)3)20-13(2)26-22-29(21(20)31)16(11-32-22)10-19(30)25-7-6-14-4-5-15(23)9-17(14)24/h4-5,8-9,11H,6-7,10H2,1-3H3,(H,25,30). The van der Waals surface area contributed by atoms with Crippen LogP contribution < -0.4 is 10.9 Å². The summed E-state index contributed by atoms with van der Waals surface area (Å²) in [6, 6.07) is 7.15. The lowest BCUT2D eigenvalue weighted by molar-refractivity contribution is -0.120. The van der Waals surface area contributed by atoms with E-state index in [2.05, 4.69) is 15.4 Å². The third-order valence-corrected chi connectivity index (χ3v) is 6.73. The number of amides is 1. The third-order valence-electron chi connectivity index (χ3n) is 5.26. The highest BCUT2D eigenvalue weighted by atomic mass is 35.5. The number of carbonyl (C=O) groups excluding carboxylic acids is 1. The zero-order valence-electron chi connectivity index (χ0n) is 17.8. The fourth-order valence-electron chi connectivity index (χ4n) is 3.49. The van der Waals surface area contributed by atoms with Crippen LogP contribution in [0.25, 0.3) is 16.2 Å². The van der Waals surface area contributed by atoms with Crippen molar-refractivity contribution >= 4 is 45.4 Å². The molecule has 10 heteroatoms. The SMILES string of the molecule is Cc1nc2scc(CC(=O)NCCc3ccc(Cl)cc3Cl)n2c(=O)c1-c1cc(C)n(C)n1. The number of nitrogens with one attached hydrogen (secondary N) is 1. The summed E-state index contributed by atoms with van der Waals surface area (Å²) < 4.78 is 3.23. The van der Waals surface area contributed by atoms with Gasteiger partial charge in [-0.05, 0) is 44.0 Å². The number of fused-ring (bicyclic) bond motifs is 1. The molecule has 0 fully saturated rings. The summed E-state index contributed by atoms with van der Waals surface area (Å²) in [6.07, 6.45) is 0.648. The second kappa shape index (κ2) is 9.05. The fraction of sp³-hybridized carbons (Fsp3) is 0.273. The molecule has 1 N–H and O–H groups in total. The minimum Gasteiger partial charge on any atom is -0.355 e. The third kappa shape index (κ3) is 4.44. The van der Waals surface area contributed by atoms with E-state index < -0.39 is 0 Å². The Labute approximate surface area is 198 Å². The predicted octanol–water partition coefficient (Wildman–Crippen LogP) is 3.98. The van der Waals surface area contributed by atoms with Crippen molar-refractivity contribution in [2.75, 3.05) is 6.54 Å². The van der Waals surface area contributed by atoms with Crippen LogP contribution in [-0.4, -0.2) is 31.6 Å². The average Bonchev–Trinajstić information content (AvgIpc) is 3.26. The summed E-state index contributed by atoms with van der Waals surface area (Å²) >= 11 is 13.4. The Morgan fingerprint density at radius 3 is 2.69 bits per heavy atom. The van der Waals surface area contributed by atoms with E-state index in [-0.39, 0.29) is 17.9 Å². The Balaban J connectivity index is 1.53. The number of thiazole rings is 1. The van der Waals surface area contributed by atoms with Crippen molar-refractivity contribution in [3.05, 3.63) is 72.7 Å². The first-order chi connectivity index (χ1) is 15.2. The highest BCUT2D eigenvalue weighted by molar-refractivity contribution is 7.15. The molecule has 4 rings (SSSR count). The number of hydrogen-bond donors (Lipinski definition) is 1. The van der Waals surface area contributed by atoms with E-state index in [1.165, 1.54) is 15.7 Å². The van der Waals surface area contributed by atoms with Gasteiger partial charge in [-0.1, -0.05) is 29.3 Å². The van der Waals surface area contributed by atoms with Gasteiger partial charge in [0.15, 0.2) is 4.96 Å². The van der Waals surface area contributed by atoms with Crippen molar-refractivity contribution in [2.45, 2.75) is 26.7 Å². The summed E-state index contributed by atoms with van der Waals surface area (Å²) in [5.41, 5.74) is 3.87. The second-order valence-corrected chi connectivity index (χ2v) is 9.21. The lowest BCUT2D eigenvalue weighted by Crippen LogP contribution is -2.29. The molecule has 0 saturated carbocycles. The highest BCUT2D eigenvalue weighted by Crippen LogP contribution is 2.22. The molecular formula is C22H21Cl2N5O2S. The Morgan fingerprint density at radius 2 is 2.00 bits per heavy atom. The normalized spacial score (nSPS) is 11.3. The number of hydrogen-bond acceptors (Lipinski definition) is 5. The van der Waals surface area contributed by atoms with Crippen LogP contribution in [0.1, 0.15) is 22.6 Å². The molecule has 32 heavy (non-hydrogen) atoms. The van der Waals surface area contributed by atoms with Gasteiger partial charge in [0.25, 0.3) is 5.56 Å². The number of aryl methyl sites for hydroxylation is 3. The second-order valence-electron chi connectivity index (χ2n) is 7.53. The van der Waals surface area contributed by atoms with Gasteiger partial charge in [0.1, 0.15) is 0 Å². The van der Waals surface area contributed by atoms with Gasteiger partial charge in [0.05, 0.1) is 23.4 Å². The highest BCUT2D eigenvalue weighted by Gasteiger charge is 2.19. The van der Waals surface area contributed by atoms with E-state index >= 15 is 0 Å². The summed E-state index contributed by atoms with van der Waals surface area (Å²) in [5, 5.41) is 10.3. The maximum Gasteiger partial charge on any atom is 0.268 e. The minimum absolute atomic E-state index is 0.0691. The zero-order valence-corrected chi connectivity index (χ0v) is 20.1. The molecule has 3 heterocycles. The molecule has 166 valence electrons. The molecule has 0 aliphatic carbocycles. The topological polar surface area (TPSA) is 81.3 Å². The molecule has 1 aromatic carbocycles. The van der Waals surface area contributed by atoms with Gasteiger partial charge in [-0.3, -0.25) is 18.7 Å². The molecule has 0 unspecified atom stereocenters. The van der Waals surface area contributed by atoms with Crippen molar-refractivity contribution in [1.82, 2.24) is 24.5 Å². The molecule has 0 spiro atoms. The van der Waals surface area contributed by atoms with Crippen molar-refractivity contribution in [1.29, 1.82) is 0 Å². The van der Waals surface area contributed by atoms with Crippen LogP contribution in [0, 0.1) is 13.8 Å². The lowest BCUT2D eigenvalue weighted by atomic mass is 10.1. The number of rotatable bonds is 6. The van der Waals surface area contributed by atoms with Gasteiger partial charge >= 0.3 is 0 Å². The molecule has 3 aromatic heterocycles. The fourth-order valence-corrected chi connectivity index (χ4v) is 4.92. The summed E-state index contributed by atoms with van der Waals surface area (Å²) in [5.74, 6) is -0.183. The molecule has 4 aromatic rings. The molecule has 0 atom stereocenters. The van der Waals surface area contributed by atoms with Crippen molar-refractivity contribution in [3.8, 4) is 11.3 Å². The molecule has 0 aliphatic heterocycles. The molecular weight excluding hydrogens is 469 g/mol. The summed E-state index contributed by atoms with van der Waals surface area (Å²) in [6.45, 7) is 4.15. The quantitative estimate of drug-likeness (QED) is 0.444. The van der Waals surface area contributed by atoms with E-state index in [4.69, 9.17) is 23.2 Å². The van der Waals surface area contributed by atoms with Crippen LogP contribution in [0.15, 0.2) is 34.4 Å². The number of halogens is 2. The molecule has 7 nitrogen and oxygen atoms in total. The Kier molecular flexibility index (Phi) is 6.37. The maximum atomic E-state index is 13.3. The van der Waals surface area contributed by atoms with E-state index in [0.29, 0.717) is 50.6 Å². The van der Waals surface area contributed by atoms with E-state index in [9.17, 15) is 9.59 Å². The molecule has 0 aliphatic rings. The Bertz CT molecular complexity index is 1370. The molecule has 1 amide bonds. The van der Waals surface area contributed by atoms with E-state index in [1.54, 1.807) is 29.1 Å². The van der Waals surface area contributed by atoms with Crippen LogP contribution in [0.5, 0.6) is 0 Å². The van der Waals surface area contributed by atoms with Gasteiger partial charge in [-0.25, -0.2) is 4.98 Å². The van der Waals surface area contributed by atoms with Crippen molar-refractivity contribution < 1.29 is 4.79 Å². The average molecular weight is 490 g/mol. The number of benzene rings is 1. The summed E-state index contributed by atoms with van der Waals surface area (Å²) in [7, 11) is 1.83. The van der Waals surface area contributed by atoms with Crippen molar-refractivity contribution in [2.24, 2.45) is 7.05 Å². The monoisotopic (exact) mass is 489 g/mol. The van der Waals surface area contributed by atoms with Gasteiger partial charge < -0.3 is 5.32 Å². The molecule has 0 saturated heterocycles. The first kappa shape index (κ1) is 22.5. The molecule has 0 radical (unpaired) electrons. The van der Waals surface area contributed by atoms with E-state index in [0.717, 1.165) is 11.3 Å². The van der Waals surface area contributed by atoms with Crippen LogP contribution in [0.2, 0.25) is 10.0 Å². The minimum atomic E-state index is -0.220. The Hall–Kier alpha value is -2.68. The van der Waals surface area contributed by atoms with Gasteiger partial charge in [0, 0.05) is 40.4 Å².